The van der Waals surface area contributed by atoms with Gasteiger partial charge >= 0.3 is 0 Å². The van der Waals surface area contributed by atoms with Crippen molar-refractivity contribution in [2.24, 2.45) is 11.3 Å². The van der Waals surface area contributed by atoms with Gasteiger partial charge < -0.3 is 10.6 Å². The van der Waals surface area contributed by atoms with Crippen molar-refractivity contribution in [1.82, 2.24) is 15.6 Å². The lowest BCUT2D eigenvalue weighted by Crippen LogP contribution is -2.43. The Balaban J connectivity index is 1.69. The zero-order valence-corrected chi connectivity index (χ0v) is 13.3. The molecule has 1 aliphatic heterocycles. The minimum atomic E-state index is 0.381. The van der Waals surface area contributed by atoms with E-state index in [1.54, 1.807) is 11.3 Å². The maximum atomic E-state index is 4.50. The van der Waals surface area contributed by atoms with Crippen molar-refractivity contribution in [1.29, 1.82) is 0 Å². The first kappa shape index (κ1) is 14.9. The molecule has 1 atom stereocenters. The maximum absolute atomic E-state index is 4.50. The molecule has 1 fully saturated rings. The fraction of sp³-hybridized carbons (Fsp3) is 0.800. The summed E-state index contributed by atoms with van der Waals surface area (Å²) in [5.41, 5.74) is 1.53. The molecule has 4 heteroatoms. The topological polar surface area (TPSA) is 37.0 Å². The molecular formula is C15H27N3S. The van der Waals surface area contributed by atoms with Crippen LogP contribution in [-0.4, -0.2) is 31.2 Å². The second-order valence-corrected chi connectivity index (χ2v) is 7.28. The van der Waals surface area contributed by atoms with Crippen LogP contribution in [0.1, 0.15) is 37.4 Å². The Bertz CT molecular complexity index is 380. The number of thiazole rings is 1. The van der Waals surface area contributed by atoms with E-state index in [2.05, 4.69) is 41.8 Å². The quantitative estimate of drug-likeness (QED) is 0.787. The van der Waals surface area contributed by atoms with Gasteiger partial charge in [0.1, 0.15) is 0 Å². The van der Waals surface area contributed by atoms with Gasteiger partial charge in [0, 0.05) is 30.6 Å². The van der Waals surface area contributed by atoms with Crippen molar-refractivity contribution in [3.05, 3.63) is 16.1 Å². The summed E-state index contributed by atoms with van der Waals surface area (Å²) in [6, 6.07) is 0. The largest absolute Gasteiger partial charge is 0.316 e. The summed E-state index contributed by atoms with van der Waals surface area (Å²) < 4.78 is 0. The van der Waals surface area contributed by atoms with Crippen molar-refractivity contribution >= 4 is 11.3 Å². The normalized spacial score (nSPS) is 20.7. The minimum absolute atomic E-state index is 0.381. The highest BCUT2D eigenvalue weighted by atomic mass is 32.1. The van der Waals surface area contributed by atoms with E-state index < -0.39 is 0 Å². The summed E-state index contributed by atoms with van der Waals surface area (Å²) in [6.07, 6.45) is 3.75. The van der Waals surface area contributed by atoms with E-state index in [1.165, 1.54) is 30.9 Å². The molecule has 2 rings (SSSR count). The van der Waals surface area contributed by atoms with Crippen LogP contribution < -0.4 is 10.6 Å². The molecule has 2 heterocycles. The Labute approximate surface area is 121 Å². The zero-order valence-electron chi connectivity index (χ0n) is 12.5. The Morgan fingerprint density at radius 3 is 3.00 bits per heavy atom. The van der Waals surface area contributed by atoms with E-state index in [0.717, 1.165) is 31.1 Å². The van der Waals surface area contributed by atoms with E-state index in [9.17, 15) is 0 Å². The smallest absolute Gasteiger partial charge is 0.0940 e. The summed E-state index contributed by atoms with van der Waals surface area (Å²) in [4.78, 5) is 4.50. The molecule has 1 saturated heterocycles. The highest BCUT2D eigenvalue weighted by Gasteiger charge is 2.29. The fourth-order valence-electron chi connectivity index (χ4n) is 2.79. The van der Waals surface area contributed by atoms with Crippen molar-refractivity contribution in [2.75, 3.05) is 26.2 Å². The van der Waals surface area contributed by atoms with Crippen LogP contribution in [-0.2, 0) is 6.42 Å². The van der Waals surface area contributed by atoms with E-state index in [0.29, 0.717) is 5.41 Å². The van der Waals surface area contributed by atoms with E-state index in [4.69, 9.17) is 0 Å². The van der Waals surface area contributed by atoms with E-state index in [1.807, 2.05) is 0 Å². The predicted molar refractivity (Wildman–Crippen MR) is 82.8 cm³/mol. The lowest BCUT2D eigenvalue weighted by Gasteiger charge is -2.37. The van der Waals surface area contributed by atoms with E-state index >= 15 is 0 Å². The molecule has 1 aromatic rings. The number of hydrogen-bond donors (Lipinski definition) is 2. The number of hydrogen-bond acceptors (Lipinski definition) is 4. The molecule has 3 nitrogen and oxygen atoms in total. The van der Waals surface area contributed by atoms with Crippen molar-refractivity contribution in [3.8, 4) is 0 Å². The number of nitrogens with one attached hydrogen (secondary N) is 2. The third kappa shape index (κ3) is 4.55. The highest BCUT2D eigenvalue weighted by molar-refractivity contribution is 7.09. The average molecular weight is 281 g/mol. The summed E-state index contributed by atoms with van der Waals surface area (Å²) >= 11 is 1.77. The number of piperidine rings is 1. The number of nitrogens with zero attached hydrogens (tertiary/aromatic N) is 1. The lowest BCUT2D eigenvalue weighted by molar-refractivity contribution is 0.167. The van der Waals surface area contributed by atoms with Gasteiger partial charge in [-0.25, -0.2) is 4.98 Å². The van der Waals surface area contributed by atoms with Gasteiger partial charge in [-0.2, -0.15) is 0 Å². The molecule has 1 unspecified atom stereocenters. The van der Waals surface area contributed by atoms with Crippen LogP contribution in [0.25, 0.3) is 0 Å². The Morgan fingerprint density at radius 1 is 1.53 bits per heavy atom. The minimum Gasteiger partial charge on any atom is -0.316 e. The van der Waals surface area contributed by atoms with Crippen LogP contribution in [0.2, 0.25) is 0 Å². The fourth-order valence-corrected chi connectivity index (χ4v) is 3.56. The number of rotatable bonds is 6. The Kier molecular flexibility index (Phi) is 5.37. The van der Waals surface area contributed by atoms with Crippen LogP contribution in [0, 0.1) is 18.3 Å². The standard InChI is InChI=1S/C15H27N3S/c1-12-10-19-14(18-12)6-8-17-11-15(2,3)13-5-4-7-16-9-13/h10,13,16-17H,4-9,11H2,1-3H3. The molecule has 1 aliphatic rings. The molecule has 108 valence electrons. The Hall–Kier alpha value is -0.450. The van der Waals surface area contributed by atoms with Gasteiger partial charge in [0.25, 0.3) is 0 Å². The van der Waals surface area contributed by atoms with Gasteiger partial charge in [-0.3, -0.25) is 0 Å². The van der Waals surface area contributed by atoms with Gasteiger partial charge in [0.05, 0.1) is 5.01 Å². The Morgan fingerprint density at radius 2 is 2.37 bits per heavy atom. The van der Waals surface area contributed by atoms with Crippen LogP contribution in [0.4, 0.5) is 0 Å². The number of aromatic nitrogens is 1. The van der Waals surface area contributed by atoms with Gasteiger partial charge in [-0.05, 0) is 44.2 Å². The zero-order chi connectivity index (χ0) is 13.7. The molecule has 0 radical (unpaired) electrons. The van der Waals surface area contributed by atoms with Crippen LogP contribution in [0.3, 0.4) is 0 Å². The third-order valence-electron chi connectivity index (χ3n) is 4.16. The SMILES string of the molecule is Cc1csc(CCNCC(C)(C)C2CCCNC2)n1. The molecule has 0 saturated carbocycles. The van der Waals surface area contributed by atoms with Crippen molar-refractivity contribution < 1.29 is 0 Å². The van der Waals surface area contributed by atoms with Gasteiger partial charge in [-0.1, -0.05) is 13.8 Å². The van der Waals surface area contributed by atoms with Crippen LogP contribution >= 0.6 is 11.3 Å². The molecule has 19 heavy (non-hydrogen) atoms. The molecule has 0 spiro atoms. The monoisotopic (exact) mass is 281 g/mol. The molecule has 1 aromatic heterocycles. The van der Waals surface area contributed by atoms with Gasteiger partial charge in [-0.15, -0.1) is 11.3 Å². The average Bonchev–Trinajstić information content (AvgIpc) is 2.82. The molecule has 0 amide bonds. The lowest BCUT2D eigenvalue weighted by atomic mass is 9.75. The van der Waals surface area contributed by atoms with Crippen LogP contribution in [0.15, 0.2) is 5.38 Å². The summed E-state index contributed by atoms with van der Waals surface area (Å²) in [6.45, 7) is 11.4. The van der Waals surface area contributed by atoms with Crippen molar-refractivity contribution in [3.63, 3.8) is 0 Å². The molecular weight excluding hydrogens is 254 g/mol. The third-order valence-corrected chi connectivity index (χ3v) is 5.19. The molecule has 2 N–H and O–H groups in total. The maximum Gasteiger partial charge on any atom is 0.0940 e. The predicted octanol–water partition coefficient (Wildman–Crippen LogP) is 2.61. The first-order chi connectivity index (χ1) is 9.08. The molecule has 0 aromatic carbocycles. The van der Waals surface area contributed by atoms with Gasteiger partial charge in [0.15, 0.2) is 0 Å². The van der Waals surface area contributed by atoms with Crippen molar-refractivity contribution in [2.45, 2.75) is 40.0 Å². The summed E-state index contributed by atoms with van der Waals surface area (Å²) in [7, 11) is 0. The van der Waals surface area contributed by atoms with Gasteiger partial charge in [0.2, 0.25) is 0 Å². The molecule has 0 bridgehead atoms. The second kappa shape index (κ2) is 6.82. The second-order valence-electron chi connectivity index (χ2n) is 6.34. The van der Waals surface area contributed by atoms with Crippen LogP contribution in [0.5, 0.6) is 0 Å². The first-order valence-electron chi connectivity index (χ1n) is 7.40. The molecule has 0 aliphatic carbocycles. The van der Waals surface area contributed by atoms with E-state index in [-0.39, 0.29) is 0 Å². The summed E-state index contributed by atoms with van der Waals surface area (Å²) in [5.74, 6) is 0.802. The first-order valence-corrected chi connectivity index (χ1v) is 8.28. The summed E-state index contributed by atoms with van der Waals surface area (Å²) in [5, 5.41) is 10.5. The highest BCUT2D eigenvalue weighted by Crippen LogP contribution is 2.30. The number of aryl methyl sites for hydroxylation is 1.